The summed E-state index contributed by atoms with van der Waals surface area (Å²) in [4.78, 5) is 27.2. The van der Waals surface area contributed by atoms with Crippen molar-refractivity contribution in [3.05, 3.63) is 48.5 Å². The zero-order valence-electron chi connectivity index (χ0n) is 18.2. The van der Waals surface area contributed by atoms with E-state index in [1.165, 1.54) is 11.8 Å². The number of rotatable bonds is 7. The zero-order chi connectivity index (χ0) is 22.8. The maximum atomic E-state index is 12.8. The zero-order valence-corrected chi connectivity index (χ0v) is 19.0. The lowest BCUT2D eigenvalue weighted by Crippen LogP contribution is -2.31. The first-order chi connectivity index (χ1) is 16.1. The fourth-order valence-corrected chi connectivity index (χ4v) is 4.86. The molecule has 0 aliphatic carbocycles. The van der Waals surface area contributed by atoms with Crippen molar-refractivity contribution in [3.63, 3.8) is 0 Å². The molecule has 0 unspecified atom stereocenters. The minimum Gasteiger partial charge on any atom is -0.497 e. The van der Waals surface area contributed by atoms with E-state index in [-0.39, 0.29) is 24.1 Å². The minimum atomic E-state index is -0.155. The number of fused-ring (bicyclic) bond motifs is 3. The third kappa shape index (κ3) is 4.25. The van der Waals surface area contributed by atoms with Gasteiger partial charge in [-0.25, -0.2) is 0 Å². The van der Waals surface area contributed by atoms with Crippen LogP contribution >= 0.6 is 11.8 Å². The Hall–Kier alpha value is -3.53. The lowest BCUT2D eigenvalue weighted by atomic mass is 10.3. The number of carbonyl (C=O) groups excluding carboxylic acids is 2. The van der Waals surface area contributed by atoms with Gasteiger partial charge in [0.15, 0.2) is 5.16 Å². The van der Waals surface area contributed by atoms with Crippen LogP contribution in [-0.4, -0.2) is 61.8 Å². The van der Waals surface area contributed by atoms with Gasteiger partial charge in [0.05, 0.1) is 23.9 Å². The topological polar surface area (TPSA) is 93.8 Å². The van der Waals surface area contributed by atoms with Crippen LogP contribution in [0.15, 0.2) is 53.7 Å². The Kier molecular flexibility index (Phi) is 5.91. The molecule has 3 heterocycles. The quantitative estimate of drug-likeness (QED) is 0.423. The molecule has 2 amide bonds. The monoisotopic (exact) mass is 464 g/mol. The molecule has 1 N–H and O–H groups in total. The van der Waals surface area contributed by atoms with Crippen LogP contribution < -0.4 is 10.1 Å². The normalized spacial score (nSPS) is 13.7. The predicted octanol–water partition coefficient (Wildman–Crippen LogP) is 3.05. The molecule has 1 aliphatic rings. The van der Waals surface area contributed by atoms with Crippen molar-refractivity contribution in [3.8, 4) is 5.75 Å². The molecule has 2 aromatic heterocycles. The van der Waals surface area contributed by atoms with Crippen LogP contribution in [0.1, 0.15) is 12.8 Å². The highest BCUT2D eigenvalue weighted by Gasteiger charge is 2.23. The number of aromatic nitrogens is 4. The first kappa shape index (κ1) is 21.3. The third-order valence-corrected chi connectivity index (χ3v) is 6.64. The molecule has 0 radical (unpaired) electrons. The van der Waals surface area contributed by atoms with Crippen molar-refractivity contribution in [1.29, 1.82) is 0 Å². The molecule has 1 aliphatic heterocycles. The van der Waals surface area contributed by atoms with Gasteiger partial charge >= 0.3 is 0 Å². The summed E-state index contributed by atoms with van der Waals surface area (Å²) in [5.41, 5.74) is 2.49. The van der Waals surface area contributed by atoms with Crippen LogP contribution in [0.4, 0.5) is 5.69 Å². The molecular weight excluding hydrogens is 440 g/mol. The van der Waals surface area contributed by atoms with E-state index in [0.717, 1.165) is 37.0 Å². The summed E-state index contributed by atoms with van der Waals surface area (Å²) in [5.74, 6) is 1.38. The van der Waals surface area contributed by atoms with Gasteiger partial charge in [0.25, 0.3) is 0 Å². The maximum Gasteiger partial charge on any atom is 0.242 e. The average molecular weight is 465 g/mol. The average Bonchev–Trinajstić information content (AvgIpc) is 3.57. The molecule has 5 rings (SSSR count). The second-order valence-electron chi connectivity index (χ2n) is 7.85. The van der Waals surface area contributed by atoms with Gasteiger partial charge in [-0.2, -0.15) is 0 Å². The number of thioether (sulfide) groups is 1. The smallest absolute Gasteiger partial charge is 0.242 e. The summed E-state index contributed by atoms with van der Waals surface area (Å²) in [6, 6.07) is 15.1. The Morgan fingerprint density at radius 3 is 2.64 bits per heavy atom. The number of hydrogen-bond acceptors (Lipinski definition) is 6. The van der Waals surface area contributed by atoms with Gasteiger partial charge in [0.2, 0.25) is 17.6 Å². The second kappa shape index (κ2) is 9.14. The van der Waals surface area contributed by atoms with Crippen molar-refractivity contribution in [2.45, 2.75) is 24.5 Å². The Bertz CT molecular complexity index is 1320. The number of carbonyl (C=O) groups is 2. The van der Waals surface area contributed by atoms with Gasteiger partial charge in [-0.3, -0.25) is 18.6 Å². The summed E-state index contributed by atoms with van der Waals surface area (Å²) < 4.78 is 9.02. The highest BCUT2D eigenvalue weighted by Crippen LogP contribution is 2.26. The van der Waals surface area contributed by atoms with E-state index < -0.39 is 0 Å². The molecule has 1 saturated heterocycles. The fraction of sp³-hybridized carbons (Fsp3) is 0.304. The van der Waals surface area contributed by atoms with E-state index in [1.807, 2.05) is 56.3 Å². The summed E-state index contributed by atoms with van der Waals surface area (Å²) in [6.45, 7) is 1.84. The molecule has 0 saturated carbocycles. The Morgan fingerprint density at radius 2 is 1.85 bits per heavy atom. The minimum absolute atomic E-state index is 0.0885. The lowest BCUT2D eigenvalue weighted by Gasteiger charge is -2.15. The highest BCUT2D eigenvalue weighted by atomic mass is 32.2. The van der Waals surface area contributed by atoms with Crippen LogP contribution in [0.5, 0.6) is 5.75 Å². The van der Waals surface area contributed by atoms with E-state index >= 15 is 0 Å². The van der Waals surface area contributed by atoms with Crippen LogP contribution in [-0.2, 0) is 16.1 Å². The Labute approximate surface area is 194 Å². The SMILES string of the molecule is COc1cccc(NC(=O)CSc2nnc3n(CC(=O)N4CCCC4)c4ccccc4n23)c1. The molecular formula is C23H24N6O3S. The molecule has 10 heteroatoms. The number of methoxy groups -OCH3 is 1. The Balaban J connectivity index is 1.37. The largest absolute Gasteiger partial charge is 0.497 e. The molecule has 0 atom stereocenters. The summed E-state index contributed by atoms with van der Waals surface area (Å²) >= 11 is 1.30. The van der Waals surface area contributed by atoms with E-state index in [2.05, 4.69) is 15.5 Å². The van der Waals surface area contributed by atoms with Gasteiger partial charge in [-0.15, -0.1) is 10.2 Å². The van der Waals surface area contributed by atoms with Gasteiger partial charge in [-0.1, -0.05) is 30.0 Å². The van der Waals surface area contributed by atoms with E-state index in [4.69, 9.17) is 4.74 Å². The fourth-order valence-electron chi connectivity index (χ4n) is 4.12. The number of nitrogens with zero attached hydrogens (tertiary/aromatic N) is 5. The lowest BCUT2D eigenvalue weighted by molar-refractivity contribution is -0.130. The molecule has 4 aromatic rings. The number of anilines is 1. The number of amides is 2. The highest BCUT2D eigenvalue weighted by molar-refractivity contribution is 7.99. The van der Waals surface area contributed by atoms with Gasteiger partial charge in [0, 0.05) is 24.8 Å². The Morgan fingerprint density at radius 1 is 1.06 bits per heavy atom. The number of hydrogen-bond donors (Lipinski definition) is 1. The first-order valence-corrected chi connectivity index (χ1v) is 11.8. The van der Waals surface area contributed by atoms with Crippen LogP contribution in [0.3, 0.4) is 0 Å². The molecule has 0 bridgehead atoms. The van der Waals surface area contributed by atoms with E-state index in [9.17, 15) is 9.59 Å². The number of imidazole rings is 1. The van der Waals surface area contributed by atoms with E-state index in [0.29, 0.717) is 22.4 Å². The molecule has 170 valence electrons. The van der Waals surface area contributed by atoms with Crippen molar-refractivity contribution in [2.75, 3.05) is 31.3 Å². The number of nitrogens with one attached hydrogen (secondary N) is 1. The molecule has 33 heavy (non-hydrogen) atoms. The van der Waals surface area contributed by atoms with Crippen molar-refractivity contribution < 1.29 is 14.3 Å². The summed E-state index contributed by atoms with van der Waals surface area (Å²) in [6.07, 6.45) is 2.11. The number of benzene rings is 2. The van der Waals surface area contributed by atoms with Crippen molar-refractivity contribution in [1.82, 2.24) is 24.1 Å². The summed E-state index contributed by atoms with van der Waals surface area (Å²) in [5, 5.41) is 12.1. The van der Waals surface area contributed by atoms with Crippen molar-refractivity contribution >= 4 is 46.1 Å². The molecule has 0 spiro atoms. The molecule has 2 aromatic carbocycles. The first-order valence-electron chi connectivity index (χ1n) is 10.8. The number of para-hydroxylation sites is 2. The van der Waals surface area contributed by atoms with Crippen LogP contribution in [0.2, 0.25) is 0 Å². The summed E-state index contributed by atoms with van der Waals surface area (Å²) in [7, 11) is 1.59. The molecule has 9 nitrogen and oxygen atoms in total. The predicted molar refractivity (Wildman–Crippen MR) is 127 cm³/mol. The number of ether oxygens (including phenoxy) is 1. The van der Waals surface area contributed by atoms with Crippen LogP contribution in [0.25, 0.3) is 16.8 Å². The van der Waals surface area contributed by atoms with E-state index in [1.54, 1.807) is 13.2 Å². The third-order valence-electron chi connectivity index (χ3n) is 5.71. The van der Waals surface area contributed by atoms with Gasteiger partial charge in [0.1, 0.15) is 12.3 Å². The maximum absolute atomic E-state index is 12.8. The van der Waals surface area contributed by atoms with Crippen molar-refractivity contribution in [2.24, 2.45) is 0 Å². The molecule has 1 fully saturated rings. The second-order valence-corrected chi connectivity index (χ2v) is 8.79. The van der Waals surface area contributed by atoms with Crippen LogP contribution in [0, 0.1) is 0 Å². The van der Waals surface area contributed by atoms with Gasteiger partial charge in [-0.05, 0) is 37.1 Å². The number of likely N-dealkylation sites (tertiary alicyclic amines) is 1. The standard InChI is InChI=1S/C23H24N6O3S/c1-32-17-8-6-7-16(13-17)24-20(30)15-33-23-26-25-22-28(14-21(31)27-11-4-5-12-27)18-9-2-3-10-19(18)29(22)23/h2-3,6-10,13H,4-5,11-12,14-15H2,1H3,(H,24,30). The van der Waals surface area contributed by atoms with Gasteiger partial charge < -0.3 is 15.0 Å².